The highest BCUT2D eigenvalue weighted by atomic mass is 16.5. The monoisotopic (exact) mass is 273 g/mol. The Hall–Kier alpha value is -2.30. The van der Waals surface area contributed by atoms with Crippen LogP contribution in [0, 0.1) is 6.92 Å². The zero-order valence-electron chi connectivity index (χ0n) is 12.2. The molecular formula is C15H19N3O2. The highest BCUT2D eigenvalue weighted by Crippen LogP contribution is 2.25. The quantitative estimate of drug-likeness (QED) is 0.900. The second kappa shape index (κ2) is 5.36. The fourth-order valence-electron chi connectivity index (χ4n) is 2.22. The number of nitrogens with two attached hydrogens (primary N) is 1. The number of ether oxygens (including phenoxy) is 1. The smallest absolute Gasteiger partial charge is 0.256 e. The summed E-state index contributed by atoms with van der Waals surface area (Å²) in [7, 11) is 1.62. The highest BCUT2D eigenvalue weighted by Gasteiger charge is 2.13. The molecule has 0 amide bonds. The molecule has 5 nitrogen and oxygen atoms in total. The second-order valence-electron chi connectivity index (χ2n) is 5.05. The number of methoxy groups -OCH3 is 1. The number of benzene rings is 1. The van der Waals surface area contributed by atoms with Crippen molar-refractivity contribution >= 4 is 5.82 Å². The van der Waals surface area contributed by atoms with Gasteiger partial charge in [0, 0.05) is 5.56 Å². The van der Waals surface area contributed by atoms with Crippen molar-refractivity contribution in [3.63, 3.8) is 0 Å². The van der Waals surface area contributed by atoms with Crippen molar-refractivity contribution < 1.29 is 4.74 Å². The summed E-state index contributed by atoms with van der Waals surface area (Å²) in [5.74, 6) is 1.59. The Morgan fingerprint density at radius 1 is 1.35 bits per heavy atom. The first-order chi connectivity index (χ1) is 9.43. The molecule has 1 aromatic carbocycles. The van der Waals surface area contributed by atoms with Gasteiger partial charge in [-0.05, 0) is 36.6 Å². The molecular weight excluding hydrogens is 254 g/mol. The minimum Gasteiger partial charge on any atom is -0.496 e. The molecule has 0 saturated carbocycles. The molecule has 0 spiro atoms. The SMILES string of the molecule is COc1ccc(-c2nc(N)c(C(C)C)c(=O)[nH]2)cc1C. The van der Waals surface area contributed by atoms with E-state index in [0.717, 1.165) is 16.9 Å². The van der Waals surface area contributed by atoms with Crippen LogP contribution < -0.4 is 16.0 Å². The van der Waals surface area contributed by atoms with E-state index in [0.29, 0.717) is 11.4 Å². The molecule has 0 aliphatic carbocycles. The maximum Gasteiger partial charge on any atom is 0.256 e. The fourth-order valence-corrected chi connectivity index (χ4v) is 2.22. The fraction of sp³-hybridized carbons (Fsp3) is 0.333. The lowest BCUT2D eigenvalue weighted by Gasteiger charge is -2.11. The standard InChI is InChI=1S/C15H19N3O2/c1-8(2)12-13(16)17-14(18-15(12)19)10-5-6-11(20-4)9(3)7-10/h5-8H,1-4H3,(H3,16,17,18,19). The van der Waals surface area contributed by atoms with E-state index in [9.17, 15) is 4.79 Å². The van der Waals surface area contributed by atoms with Gasteiger partial charge in [-0.2, -0.15) is 0 Å². The minimum atomic E-state index is -0.184. The van der Waals surface area contributed by atoms with Gasteiger partial charge in [0.25, 0.3) is 5.56 Å². The predicted molar refractivity (Wildman–Crippen MR) is 80.1 cm³/mol. The predicted octanol–water partition coefficient (Wildman–Crippen LogP) is 2.46. The van der Waals surface area contributed by atoms with Gasteiger partial charge in [-0.3, -0.25) is 4.79 Å². The number of aryl methyl sites for hydroxylation is 1. The molecule has 2 aromatic rings. The molecule has 0 atom stereocenters. The minimum absolute atomic E-state index is 0.0397. The van der Waals surface area contributed by atoms with Crippen molar-refractivity contribution in [2.45, 2.75) is 26.7 Å². The highest BCUT2D eigenvalue weighted by molar-refractivity contribution is 5.60. The molecule has 1 aromatic heterocycles. The van der Waals surface area contributed by atoms with E-state index in [1.807, 2.05) is 39.0 Å². The van der Waals surface area contributed by atoms with Gasteiger partial charge < -0.3 is 15.5 Å². The van der Waals surface area contributed by atoms with Crippen molar-refractivity contribution in [3.8, 4) is 17.1 Å². The van der Waals surface area contributed by atoms with E-state index < -0.39 is 0 Å². The second-order valence-corrected chi connectivity index (χ2v) is 5.05. The van der Waals surface area contributed by atoms with Crippen molar-refractivity contribution in [2.24, 2.45) is 0 Å². The van der Waals surface area contributed by atoms with Gasteiger partial charge in [0.1, 0.15) is 17.4 Å². The van der Waals surface area contributed by atoms with E-state index in [1.165, 1.54) is 0 Å². The summed E-state index contributed by atoms with van der Waals surface area (Å²) in [5, 5.41) is 0. The number of hydrogen-bond donors (Lipinski definition) is 2. The maximum atomic E-state index is 12.1. The van der Waals surface area contributed by atoms with Crippen LogP contribution in [0.25, 0.3) is 11.4 Å². The Morgan fingerprint density at radius 3 is 2.55 bits per heavy atom. The average Bonchev–Trinajstić information content (AvgIpc) is 2.37. The third-order valence-corrected chi connectivity index (χ3v) is 3.23. The summed E-state index contributed by atoms with van der Waals surface area (Å²) in [6.07, 6.45) is 0. The summed E-state index contributed by atoms with van der Waals surface area (Å²) in [6.45, 7) is 5.77. The summed E-state index contributed by atoms with van der Waals surface area (Å²) < 4.78 is 5.22. The van der Waals surface area contributed by atoms with E-state index in [2.05, 4.69) is 9.97 Å². The number of anilines is 1. The van der Waals surface area contributed by atoms with Crippen LogP contribution in [-0.2, 0) is 0 Å². The molecule has 5 heteroatoms. The van der Waals surface area contributed by atoms with E-state index in [4.69, 9.17) is 10.5 Å². The third-order valence-electron chi connectivity index (χ3n) is 3.23. The van der Waals surface area contributed by atoms with Crippen molar-refractivity contribution in [1.82, 2.24) is 9.97 Å². The Morgan fingerprint density at radius 2 is 2.05 bits per heavy atom. The molecule has 20 heavy (non-hydrogen) atoms. The molecule has 0 saturated heterocycles. The van der Waals surface area contributed by atoms with Crippen LogP contribution >= 0.6 is 0 Å². The van der Waals surface area contributed by atoms with Gasteiger partial charge >= 0.3 is 0 Å². The Balaban J connectivity index is 2.54. The summed E-state index contributed by atoms with van der Waals surface area (Å²) >= 11 is 0. The van der Waals surface area contributed by atoms with E-state index in [-0.39, 0.29) is 17.3 Å². The molecule has 1 heterocycles. The van der Waals surface area contributed by atoms with Crippen LogP contribution in [0.15, 0.2) is 23.0 Å². The van der Waals surface area contributed by atoms with Crippen LogP contribution in [0.1, 0.15) is 30.9 Å². The van der Waals surface area contributed by atoms with E-state index in [1.54, 1.807) is 7.11 Å². The van der Waals surface area contributed by atoms with Crippen molar-refractivity contribution in [2.75, 3.05) is 12.8 Å². The topological polar surface area (TPSA) is 81.0 Å². The van der Waals surface area contributed by atoms with Crippen LogP contribution in [0.5, 0.6) is 5.75 Å². The number of aromatic amines is 1. The van der Waals surface area contributed by atoms with Crippen LogP contribution in [0.2, 0.25) is 0 Å². The van der Waals surface area contributed by atoms with Crippen LogP contribution in [-0.4, -0.2) is 17.1 Å². The maximum absolute atomic E-state index is 12.1. The Kier molecular flexibility index (Phi) is 3.79. The number of nitrogen functional groups attached to an aromatic ring is 1. The van der Waals surface area contributed by atoms with Gasteiger partial charge in [-0.25, -0.2) is 4.98 Å². The zero-order chi connectivity index (χ0) is 14.9. The van der Waals surface area contributed by atoms with Gasteiger partial charge in [-0.1, -0.05) is 13.8 Å². The third kappa shape index (κ3) is 2.52. The van der Waals surface area contributed by atoms with Crippen LogP contribution in [0.3, 0.4) is 0 Å². The molecule has 2 rings (SSSR count). The number of H-pyrrole nitrogens is 1. The molecule has 0 radical (unpaired) electrons. The lowest BCUT2D eigenvalue weighted by Crippen LogP contribution is -2.19. The number of rotatable bonds is 3. The van der Waals surface area contributed by atoms with Gasteiger partial charge in [-0.15, -0.1) is 0 Å². The first-order valence-electron chi connectivity index (χ1n) is 6.48. The first-order valence-corrected chi connectivity index (χ1v) is 6.48. The average molecular weight is 273 g/mol. The van der Waals surface area contributed by atoms with Gasteiger partial charge in [0.05, 0.1) is 12.7 Å². The molecule has 0 unspecified atom stereocenters. The molecule has 0 bridgehead atoms. The lowest BCUT2D eigenvalue weighted by molar-refractivity contribution is 0.412. The van der Waals surface area contributed by atoms with Gasteiger partial charge in [0.15, 0.2) is 0 Å². The molecule has 0 aliphatic heterocycles. The van der Waals surface area contributed by atoms with Gasteiger partial charge in [0.2, 0.25) is 0 Å². The molecule has 0 fully saturated rings. The number of aromatic nitrogens is 2. The summed E-state index contributed by atoms with van der Waals surface area (Å²) in [5.41, 5.74) is 8.02. The lowest BCUT2D eigenvalue weighted by atomic mass is 10.1. The van der Waals surface area contributed by atoms with Crippen molar-refractivity contribution in [1.29, 1.82) is 0 Å². The summed E-state index contributed by atoms with van der Waals surface area (Å²) in [4.78, 5) is 19.2. The number of nitrogens with zero attached hydrogens (tertiary/aromatic N) is 1. The molecule has 0 aliphatic rings. The largest absolute Gasteiger partial charge is 0.496 e. The number of hydrogen-bond acceptors (Lipinski definition) is 4. The summed E-state index contributed by atoms with van der Waals surface area (Å²) in [6, 6.07) is 5.60. The Labute approximate surface area is 117 Å². The van der Waals surface area contributed by atoms with E-state index >= 15 is 0 Å². The zero-order valence-corrected chi connectivity index (χ0v) is 12.2. The van der Waals surface area contributed by atoms with Crippen LogP contribution in [0.4, 0.5) is 5.82 Å². The number of nitrogens with one attached hydrogen (secondary N) is 1. The normalized spacial score (nSPS) is 10.8. The van der Waals surface area contributed by atoms with Crippen molar-refractivity contribution in [3.05, 3.63) is 39.7 Å². The first kappa shape index (κ1) is 14.1. The Bertz CT molecular complexity index is 690. The molecule has 3 N–H and O–H groups in total. The molecule has 106 valence electrons.